The molecule has 0 aromatic heterocycles. The van der Waals surface area contributed by atoms with Gasteiger partial charge < -0.3 is 36.2 Å². The van der Waals surface area contributed by atoms with E-state index in [4.69, 9.17) is 4.74 Å². The summed E-state index contributed by atoms with van der Waals surface area (Å²) in [4.78, 5) is 40.5. The van der Waals surface area contributed by atoms with Gasteiger partial charge in [0.15, 0.2) is 5.96 Å². The highest BCUT2D eigenvalue weighted by Crippen LogP contribution is 2.23. The Balaban J connectivity index is 1.50. The number of nitrogens with one attached hydrogen (secondary N) is 4. The first-order chi connectivity index (χ1) is 16.3. The molecule has 0 aliphatic carbocycles. The first kappa shape index (κ1) is 24.4. The molecule has 34 heavy (non-hydrogen) atoms. The van der Waals surface area contributed by atoms with Crippen molar-refractivity contribution in [3.05, 3.63) is 59.2 Å². The van der Waals surface area contributed by atoms with Gasteiger partial charge in [-0.1, -0.05) is 17.7 Å². The third-order valence-corrected chi connectivity index (χ3v) is 4.94. The SMILES string of the molecule is Cc1ccc(C(=O)N[C@@H](CNC(=O)c2ccc(OCCNC3=NCCN3)cc2O)C(=O)O)cc1. The predicted molar refractivity (Wildman–Crippen MR) is 124 cm³/mol. The fourth-order valence-corrected chi connectivity index (χ4v) is 3.08. The van der Waals surface area contributed by atoms with Crippen molar-refractivity contribution in [1.82, 2.24) is 21.3 Å². The van der Waals surface area contributed by atoms with Crippen molar-refractivity contribution in [2.24, 2.45) is 4.99 Å². The highest BCUT2D eigenvalue weighted by atomic mass is 16.5. The second kappa shape index (κ2) is 11.5. The van der Waals surface area contributed by atoms with Crippen LogP contribution in [0, 0.1) is 6.92 Å². The van der Waals surface area contributed by atoms with Gasteiger partial charge in [0.25, 0.3) is 11.8 Å². The van der Waals surface area contributed by atoms with E-state index in [1.165, 1.54) is 18.2 Å². The van der Waals surface area contributed by atoms with Crippen LogP contribution in [0.15, 0.2) is 47.5 Å². The summed E-state index contributed by atoms with van der Waals surface area (Å²) >= 11 is 0. The highest BCUT2D eigenvalue weighted by molar-refractivity contribution is 5.98. The van der Waals surface area contributed by atoms with Crippen LogP contribution in [-0.2, 0) is 4.79 Å². The number of carboxylic acid groups (broad SMARTS) is 1. The number of amides is 2. The molecule has 2 amide bonds. The Morgan fingerprint density at radius 2 is 1.91 bits per heavy atom. The van der Waals surface area contributed by atoms with Gasteiger partial charge in [0.2, 0.25) is 0 Å². The zero-order chi connectivity index (χ0) is 24.5. The van der Waals surface area contributed by atoms with Gasteiger partial charge >= 0.3 is 5.97 Å². The summed E-state index contributed by atoms with van der Waals surface area (Å²) in [6.45, 7) is 3.84. The lowest BCUT2D eigenvalue weighted by Gasteiger charge is -2.16. The number of hydrogen-bond acceptors (Lipinski definition) is 8. The number of carboxylic acids is 1. The zero-order valence-electron chi connectivity index (χ0n) is 18.6. The molecule has 3 rings (SSSR count). The second-order valence-corrected chi connectivity index (χ2v) is 7.55. The van der Waals surface area contributed by atoms with Gasteiger partial charge in [-0.25, -0.2) is 4.79 Å². The van der Waals surface area contributed by atoms with Crippen LogP contribution in [0.4, 0.5) is 0 Å². The lowest BCUT2D eigenvalue weighted by molar-refractivity contribution is -0.139. The van der Waals surface area contributed by atoms with Crippen molar-refractivity contribution in [3.8, 4) is 11.5 Å². The highest BCUT2D eigenvalue weighted by Gasteiger charge is 2.22. The van der Waals surface area contributed by atoms with Gasteiger partial charge in [-0.15, -0.1) is 0 Å². The number of aromatic hydroxyl groups is 1. The van der Waals surface area contributed by atoms with Gasteiger partial charge in [-0.05, 0) is 31.2 Å². The van der Waals surface area contributed by atoms with E-state index in [2.05, 4.69) is 26.3 Å². The molecule has 0 spiro atoms. The summed E-state index contributed by atoms with van der Waals surface area (Å²) in [6, 6.07) is 9.48. The molecular formula is C23H27N5O6. The van der Waals surface area contributed by atoms with Crippen molar-refractivity contribution >= 4 is 23.7 Å². The number of aliphatic imine (C=N–C) groups is 1. The quantitative estimate of drug-likeness (QED) is 0.270. The molecule has 11 heteroatoms. The number of guanidine groups is 1. The van der Waals surface area contributed by atoms with Crippen molar-refractivity contribution in [1.29, 1.82) is 0 Å². The molecule has 1 aliphatic rings. The molecule has 0 radical (unpaired) electrons. The third-order valence-electron chi connectivity index (χ3n) is 4.94. The number of carbonyl (C=O) groups is 3. The maximum Gasteiger partial charge on any atom is 0.328 e. The van der Waals surface area contributed by atoms with Gasteiger partial charge in [0.05, 0.1) is 18.7 Å². The Bertz CT molecular complexity index is 1070. The molecule has 1 aliphatic heterocycles. The predicted octanol–water partition coefficient (Wildman–Crippen LogP) is 0.241. The van der Waals surface area contributed by atoms with E-state index in [9.17, 15) is 24.6 Å². The second-order valence-electron chi connectivity index (χ2n) is 7.55. The Hall–Kier alpha value is -4.28. The first-order valence-corrected chi connectivity index (χ1v) is 10.7. The molecule has 6 N–H and O–H groups in total. The minimum absolute atomic E-state index is 0.0519. The van der Waals surface area contributed by atoms with E-state index in [0.29, 0.717) is 30.4 Å². The van der Waals surface area contributed by atoms with Crippen LogP contribution in [0.25, 0.3) is 0 Å². The number of hydrogen-bond donors (Lipinski definition) is 6. The number of rotatable bonds is 10. The van der Waals surface area contributed by atoms with Crippen LogP contribution in [0.5, 0.6) is 11.5 Å². The van der Waals surface area contributed by atoms with E-state index >= 15 is 0 Å². The lowest BCUT2D eigenvalue weighted by atomic mass is 10.1. The Labute approximate surface area is 196 Å². The number of aryl methyl sites for hydroxylation is 1. The number of phenolic OH excluding ortho intramolecular Hbond substituents is 1. The number of carbonyl (C=O) groups excluding carboxylic acids is 2. The summed E-state index contributed by atoms with van der Waals surface area (Å²) in [5.74, 6) is -1.80. The molecule has 11 nitrogen and oxygen atoms in total. The Kier molecular flexibility index (Phi) is 8.27. The zero-order valence-corrected chi connectivity index (χ0v) is 18.6. The molecule has 180 valence electrons. The monoisotopic (exact) mass is 469 g/mol. The average Bonchev–Trinajstić information content (AvgIpc) is 3.33. The molecule has 2 aromatic rings. The van der Waals surface area contributed by atoms with E-state index in [1.807, 2.05) is 6.92 Å². The minimum Gasteiger partial charge on any atom is -0.507 e. The summed E-state index contributed by atoms with van der Waals surface area (Å²) < 4.78 is 5.54. The standard InChI is InChI=1S/C23H27N5O6/c1-14-2-4-15(5-3-14)20(30)28-18(22(32)33)13-27-21(31)17-7-6-16(12-19(17)29)34-11-10-26-23-24-8-9-25-23/h2-7,12,18,29H,8-11,13H2,1H3,(H,27,31)(H,28,30)(H,32,33)(H2,24,25,26)/t18-/m0/s1. The number of aliphatic carboxylic acids is 1. The topological polar surface area (TPSA) is 161 Å². The lowest BCUT2D eigenvalue weighted by Crippen LogP contribution is -2.48. The molecule has 2 aromatic carbocycles. The maximum absolute atomic E-state index is 12.5. The van der Waals surface area contributed by atoms with Crippen molar-refractivity contribution in [3.63, 3.8) is 0 Å². The van der Waals surface area contributed by atoms with Gasteiger partial charge in [0, 0.05) is 24.7 Å². The van der Waals surface area contributed by atoms with Crippen LogP contribution in [0.3, 0.4) is 0 Å². The van der Waals surface area contributed by atoms with E-state index < -0.39 is 23.8 Å². The Morgan fingerprint density at radius 3 is 2.56 bits per heavy atom. The largest absolute Gasteiger partial charge is 0.507 e. The number of benzene rings is 2. The summed E-state index contributed by atoms with van der Waals surface area (Å²) in [6.07, 6.45) is 0. The summed E-state index contributed by atoms with van der Waals surface area (Å²) in [7, 11) is 0. The third kappa shape index (κ3) is 6.86. The smallest absolute Gasteiger partial charge is 0.328 e. The van der Waals surface area contributed by atoms with Gasteiger partial charge in [-0.2, -0.15) is 0 Å². The van der Waals surface area contributed by atoms with E-state index in [-0.39, 0.29) is 17.9 Å². The number of ether oxygens (including phenoxy) is 1. The van der Waals surface area contributed by atoms with Crippen LogP contribution < -0.4 is 26.0 Å². The molecule has 0 saturated carbocycles. The average molecular weight is 469 g/mol. The molecule has 0 unspecified atom stereocenters. The molecule has 1 atom stereocenters. The van der Waals surface area contributed by atoms with E-state index in [1.54, 1.807) is 24.3 Å². The van der Waals surface area contributed by atoms with Crippen LogP contribution in [0.1, 0.15) is 26.3 Å². The Morgan fingerprint density at radius 1 is 1.15 bits per heavy atom. The number of phenols is 1. The molecule has 0 fully saturated rings. The van der Waals surface area contributed by atoms with Crippen LogP contribution in [0.2, 0.25) is 0 Å². The summed E-state index contributed by atoms with van der Waals surface area (Å²) in [5.41, 5.74) is 1.21. The maximum atomic E-state index is 12.5. The summed E-state index contributed by atoms with van der Waals surface area (Å²) in [5, 5.41) is 30.6. The van der Waals surface area contributed by atoms with Gasteiger partial charge in [0.1, 0.15) is 24.1 Å². The van der Waals surface area contributed by atoms with E-state index in [0.717, 1.165) is 18.7 Å². The van der Waals surface area contributed by atoms with Gasteiger partial charge in [-0.3, -0.25) is 14.6 Å². The molecular weight excluding hydrogens is 442 g/mol. The first-order valence-electron chi connectivity index (χ1n) is 10.7. The fourth-order valence-electron chi connectivity index (χ4n) is 3.08. The minimum atomic E-state index is -1.35. The van der Waals surface area contributed by atoms with Crippen molar-refractivity contribution in [2.75, 3.05) is 32.8 Å². The van der Waals surface area contributed by atoms with Crippen LogP contribution in [-0.4, -0.2) is 72.8 Å². The fraction of sp³-hybridized carbons (Fsp3) is 0.304. The normalized spacial score (nSPS) is 13.3. The van der Waals surface area contributed by atoms with Crippen LogP contribution >= 0.6 is 0 Å². The molecule has 0 saturated heterocycles. The van der Waals surface area contributed by atoms with Crippen molar-refractivity contribution in [2.45, 2.75) is 13.0 Å². The molecule has 0 bridgehead atoms. The molecule has 1 heterocycles. The van der Waals surface area contributed by atoms with Crippen molar-refractivity contribution < 1.29 is 29.3 Å². The number of nitrogens with zero attached hydrogens (tertiary/aromatic N) is 1.